The maximum absolute atomic E-state index is 9.63. The number of nitrogens with zero attached hydrogens (tertiary/aromatic N) is 3. The van der Waals surface area contributed by atoms with Crippen LogP contribution in [0.25, 0.3) is 16.7 Å². The van der Waals surface area contributed by atoms with Gasteiger partial charge in [0.2, 0.25) is 0 Å². The molecule has 0 aliphatic heterocycles. The van der Waals surface area contributed by atoms with Crippen LogP contribution in [0.2, 0.25) is 5.02 Å². The fraction of sp³-hybridized carbons (Fsp3) is 0.208. The highest BCUT2D eigenvalue weighted by molar-refractivity contribution is 7.81. The number of thiocarbonyl (C=S) groups is 1. The van der Waals surface area contributed by atoms with Gasteiger partial charge in [0.1, 0.15) is 18.5 Å². The van der Waals surface area contributed by atoms with Crippen LogP contribution in [0.5, 0.6) is 11.5 Å². The Balaban J connectivity index is 1.64. The van der Waals surface area contributed by atoms with Crippen molar-refractivity contribution in [2.24, 2.45) is 0 Å². The maximum atomic E-state index is 9.63. The van der Waals surface area contributed by atoms with Crippen LogP contribution in [-0.2, 0) is 11.2 Å². The Bertz CT molecular complexity index is 1290. The van der Waals surface area contributed by atoms with E-state index < -0.39 is 6.10 Å². The van der Waals surface area contributed by atoms with Crippen molar-refractivity contribution >= 4 is 45.4 Å². The molecular formula is C24H20ClN3O3S. The molecule has 8 heteroatoms. The first-order valence-electron chi connectivity index (χ1n) is 9.88. The standard InChI is InChI=1S/C24H20ClN3O3S/c1-29-21-11-19-20(12-22(21)30-2)28(14-27-19)17-9-16(13-26)24(32)23(10-17)31-8-7-15-5-3-4-6-18(15)25/h3-6,9-12,14,23H,7-8H2,1-2H3. The largest absolute Gasteiger partial charge is 0.493 e. The molecule has 1 heterocycles. The molecule has 6 nitrogen and oxygen atoms in total. The lowest BCUT2D eigenvalue weighted by Crippen LogP contribution is -2.26. The molecule has 1 aliphatic rings. The molecule has 1 aliphatic carbocycles. The van der Waals surface area contributed by atoms with Gasteiger partial charge in [0.15, 0.2) is 11.5 Å². The number of hydrogen-bond donors (Lipinski definition) is 0. The summed E-state index contributed by atoms with van der Waals surface area (Å²) in [6, 6.07) is 13.5. The van der Waals surface area contributed by atoms with Crippen LogP contribution in [0.3, 0.4) is 0 Å². The summed E-state index contributed by atoms with van der Waals surface area (Å²) in [5, 5.41) is 10.3. The van der Waals surface area contributed by atoms with Gasteiger partial charge in [-0.2, -0.15) is 5.26 Å². The number of ether oxygens (including phenoxy) is 3. The smallest absolute Gasteiger partial charge is 0.163 e. The maximum Gasteiger partial charge on any atom is 0.163 e. The predicted octanol–water partition coefficient (Wildman–Crippen LogP) is 5.01. The number of halogens is 1. The monoisotopic (exact) mass is 465 g/mol. The van der Waals surface area contributed by atoms with E-state index in [2.05, 4.69) is 11.1 Å². The molecule has 1 unspecified atom stereocenters. The van der Waals surface area contributed by atoms with E-state index in [0.29, 0.717) is 40.0 Å². The predicted molar refractivity (Wildman–Crippen MR) is 128 cm³/mol. The molecule has 162 valence electrons. The van der Waals surface area contributed by atoms with Gasteiger partial charge in [0.25, 0.3) is 0 Å². The zero-order chi connectivity index (χ0) is 22.7. The molecule has 2 aromatic carbocycles. The summed E-state index contributed by atoms with van der Waals surface area (Å²) in [7, 11) is 3.16. The fourth-order valence-corrected chi connectivity index (χ4v) is 4.02. The Morgan fingerprint density at radius 1 is 1.19 bits per heavy atom. The van der Waals surface area contributed by atoms with Gasteiger partial charge in [0.05, 0.1) is 42.3 Å². The zero-order valence-corrected chi connectivity index (χ0v) is 19.1. The van der Waals surface area contributed by atoms with Crippen molar-refractivity contribution < 1.29 is 14.2 Å². The van der Waals surface area contributed by atoms with Crippen molar-refractivity contribution in [3.63, 3.8) is 0 Å². The molecule has 4 rings (SSSR count). The van der Waals surface area contributed by atoms with Crippen molar-refractivity contribution in [2.75, 3.05) is 20.8 Å². The molecule has 0 N–H and O–H groups in total. The number of methoxy groups -OCH3 is 2. The summed E-state index contributed by atoms with van der Waals surface area (Å²) < 4.78 is 18.7. The summed E-state index contributed by atoms with van der Waals surface area (Å²) >= 11 is 11.7. The van der Waals surface area contributed by atoms with E-state index in [0.717, 1.165) is 22.3 Å². The van der Waals surface area contributed by atoms with Gasteiger partial charge < -0.3 is 14.2 Å². The molecule has 3 aromatic rings. The number of fused-ring (bicyclic) bond motifs is 1. The first-order valence-corrected chi connectivity index (χ1v) is 10.7. The van der Waals surface area contributed by atoms with Gasteiger partial charge in [-0.1, -0.05) is 42.0 Å². The van der Waals surface area contributed by atoms with E-state index in [1.54, 1.807) is 26.6 Å². The fourth-order valence-electron chi connectivity index (χ4n) is 3.55. The average molecular weight is 466 g/mol. The zero-order valence-electron chi connectivity index (χ0n) is 17.5. The van der Waals surface area contributed by atoms with Crippen LogP contribution in [0.1, 0.15) is 5.56 Å². The number of nitriles is 1. The van der Waals surface area contributed by atoms with Gasteiger partial charge in [-0.05, 0) is 30.2 Å². The molecule has 0 spiro atoms. The van der Waals surface area contributed by atoms with Crippen LogP contribution in [0, 0.1) is 11.3 Å². The minimum atomic E-state index is -0.514. The van der Waals surface area contributed by atoms with Crippen molar-refractivity contribution in [1.82, 2.24) is 9.55 Å². The molecule has 0 bridgehead atoms. The second-order valence-corrected chi connectivity index (χ2v) is 7.92. The quantitative estimate of drug-likeness (QED) is 0.457. The van der Waals surface area contributed by atoms with E-state index in [-0.39, 0.29) is 0 Å². The van der Waals surface area contributed by atoms with E-state index in [9.17, 15) is 5.26 Å². The average Bonchev–Trinajstić information content (AvgIpc) is 3.23. The first-order chi connectivity index (χ1) is 15.5. The molecule has 0 fully saturated rings. The second-order valence-electron chi connectivity index (χ2n) is 7.07. The summed E-state index contributed by atoms with van der Waals surface area (Å²) in [6.07, 6.45) is 5.45. The Hall–Kier alpha value is -3.18. The summed E-state index contributed by atoms with van der Waals surface area (Å²) in [5.74, 6) is 1.18. The Morgan fingerprint density at radius 2 is 1.94 bits per heavy atom. The van der Waals surface area contributed by atoms with Crippen LogP contribution in [0.15, 0.2) is 60.5 Å². The van der Waals surface area contributed by atoms with E-state index in [1.807, 2.05) is 47.0 Å². The molecule has 0 saturated heterocycles. The lowest BCUT2D eigenvalue weighted by Gasteiger charge is -2.21. The number of imidazole rings is 1. The lowest BCUT2D eigenvalue weighted by atomic mass is 10.0. The van der Waals surface area contributed by atoms with Crippen LogP contribution in [-0.4, -0.2) is 41.3 Å². The molecule has 32 heavy (non-hydrogen) atoms. The molecular weight excluding hydrogens is 446 g/mol. The Morgan fingerprint density at radius 3 is 2.66 bits per heavy atom. The molecule has 0 amide bonds. The third kappa shape index (κ3) is 4.26. The lowest BCUT2D eigenvalue weighted by molar-refractivity contribution is 0.131. The molecule has 0 radical (unpaired) electrons. The Kier molecular flexibility index (Phi) is 6.56. The molecule has 0 saturated carbocycles. The SMILES string of the molecule is COc1cc2ncn(C3=CC(OCCc4ccccc4Cl)C(=S)C(C#N)=C3)c2cc1OC. The highest BCUT2D eigenvalue weighted by atomic mass is 35.5. The topological polar surface area (TPSA) is 69.3 Å². The van der Waals surface area contributed by atoms with Crippen molar-refractivity contribution in [3.05, 3.63) is 71.0 Å². The number of hydrogen-bond acceptors (Lipinski definition) is 6. The molecule has 1 aromatic heterocycles. The summed E-state index contributed by atoms with van der Waals surface area (Å²) in [4.78, 5) is 4.93. The van der Waals surface area contributed by atoms with Gasteiger partial charge in [-0.25, -0.2) is 4.98 Å². The summed E-state index contributed by atoms with van der Waals surface area (Å²) in [6.45, 7) is 0.409. The number of rotatable bonds is 7. The van der Waals surface area contributed by atoms with Crippen LogP contribution < -0.4 is 9.47 Å². The molecule has 1 atom stereocenters. The van der Waals surface area contributed by atoms with E-state index in [1.165, 1.54) is 0 Å². The highest BCUT2D eigenvalue weighted by Crippen LogP contribution is 2.33. The van der Waals surface area contributed by atoms with Crippen molar-refractivity contribution in [3.8, 4) is 17.6 Å². The van der Waals surface area contributed by atoms with E-state index in [4.69, 9.17) is 38.0 Å². The minimum Gasteiger partial charge on any atom is -0.493 e. The number of allylic oxidation sites excluding steroid dienone is 2. The second kappa shape index (κ2) is 9.53. The highest BCUT2D eigenvalue weighted by Gasteiger charge is 2.24. The van der Waals surface area contributed by atoms with Crippen molar-refractivity contribution in [2.45, 2.75) is 12.5 Å². The number of aromatic nitrogens is 2. The Labute approximate surface area is 196 Å². The van der Waals surface area contributed by atoms with Crippen LogP contribution in [0.4, 0.5) is 0 Å². The van der Waals surface area contributed by atoms with Gasteiger partial charge in [-0.15, -0.1) is 0 Å². The van der Waals surface area contributed by atoms with E-state index >= 15 is 0 Å². The van der Waals surface area contributed by atoms with Gasteiger partial charge in [-0.3, -0.25) is 4.57 Å². The normalized spacial score (nSPS) is 15.8. The number of benzene rings is 2. The van der Waals surface area contributed by atoms with Gasteiger partial charge >= 0.3 is 0 Å². The van der Waals surface area contributed by atoms with Crippen molar-refractivity contribution in [1.29, 1.82) is 5.26 Å². The third-order valence-electron chi connectivity index (χ3n) is 5.22. The van der Waals surface area contributed by atoms with Crippen LogP contribution >= 0.6 is 23.8 Å². The first kappa shape index (κ1) is 22.0. The summed E-state index contributed by atoms with van der Waals surface area (Å²) in [5.41, 5.74) is 3.68. The third-order valence-corrected chi connectivity index (χ3v) is 6.04. The minimum absolute atomic E-state index is 0.391. The van der Waals surface area contributed by atoms with Gasteiger partial charge in [0, 0.05) is 22.9 Å².